The molecule has 0 spiro atoms. The lowest BCUT2D eigenvalue weighted by atomic mass is 10.2. The molecule has 1 saturated heterocycles. The van der Waals surface area contributed by atoms with Crippen molar-refractivity contribution in [3.05, 3.63) is 46.7 Å². The molecule has 1 aromatic carbocycles. The Labute approximate surface area is 149 Å². The summed E-state index contributed by atoms with van der Waals surface area (Å²) >= 11 is 1.53. The first-order valence-corrected chi connectivity index (χ1v) is 9.28. The number of fused-ring (bicyclic) bond motifs is 1. The molecule has 2 aromatic heterocycles. The van der Waals surface area contributed by atoms with E-state index >= 15 is 0 Å². The van der Waals surface area contributed by atoms with E-state index in [1.807, 2.05) is 25.1 Å². The van der Waals surface area contributed by atoms with Crippen molar-refractivity contribution in [2.45, 2.75) is 26.3 Å². The summed E-state index contributed by atoms with van der Waals surface area (Å²) < 4.78 is 1.02. The molecule has 3 aromatic rings. The van der Waals surface area contributed by atoms with Gasteiger partial charge >= 0.3 is 0 Å². The van der Waals surface area contributed by atoms with E-state index in [9.17, 15) is 4.79 Å². The Kier molecular flexibility index (Phi) is 4.31. The highest BCUT2D eigenvalue weighted by molar-refractivity contribution is 7.16. The second-order valence-electron chi connectivity index (χ2n) is 6.21. The molecule has 3 heterocycles. The van der Waals surface area contributed by atoms with Crippen LogP contribution < -0.4 is 10.2 Å². The molecular formula is C18H19N5OS. The lowest BCUT2D eigenvalue weighted by Gasteiger charge is -2.16. The summed E-state index contributed by atoms with van der Waals surface area (Å²) in [5.74, 6) is 0.669. The van der Waals surface area contributed by atoms with Crippen molar-refractivity contribution in [1.82, 2.24) is 20.3 Å². The third kappa shape index (κ3) is 3.46. The highest BCUT2D eigenvalue weighted by Crippen LogP contribution is 2.19. The predicted octanol–water partition coefficient (Wildman–Crippen LogP) is 2.92. The fourth-order valence-electron chi connectivity index (χ4n) is 3.04. The topological polar surface area (TPSA) is 71.0 Å². The van der Waals surface area contributed by atoms with Crippen LogP contribution >= 0.6 is 11.3 Å². The van der Waals surface area contributed by atoms with Gasteiger partial charge in [0.15, 0.2) is 0 Å². The minimum Gasteiger partial charge on any atom is -0.346 e. The first-order chi connectivity index (χ1) is 12.2. The van der Waals surface area contributed by atoms with E-state index in [1.165, 1.54) is 24.2 Å². The van der Waals surface area contributed by atoms with Gasteiger partial charge in [0.1, 0.15) is 0 Å². The van der Waals surface area contributed by atoms with Crippen LogP contribution in [0.4, 0.5) is 5.95 Å². The minimum absolute atomic E-state index is 0.103. The number of amides is 1. The summed E-state index contributed by atoms with van der Waals surface area (Å²) in [6, 6.07) is 7.48. The summed E-state index contributed by atoms with van der Waals surface area (Å²) in [5.41, 5.74) is 5.11. The fourth-order valence-corrected chi connectivity index (χ4v) is 3.75. The van der Waals surface area contributed by atoms with E-state index in [0.717, 1.165) is 40.6 Å². The summed E-state index contributed by atoms with van der Waals surface area (Å²) in [4.78, 5) is 28.0. The second-order valence-corrected chi connectivity index (χ2v) is 7.10. The highest BCUT2D eigenvalue weighted by atomic mass is 32.1. The Balaban J connectivity index is 1.47. The van der Waals surface area contributed by atoms with Gasteiger partial charge in [-0.05, 0) is 44.0 Å². The molecule has 1 fully saturated rings. The fraction of sp³-hybridized carbons (Fsp3) is 0.333. The number of thiazole rings is 1. The van der Waals surface area contributed by atoms with Crippen molar-refractivity contribution in [3.8, 4) is 0 Å². The molecule has 0 unspecified atom stereocenters. The van der Waals surface area contributed by atoms with Crippen molar-refractivity contribution in [2.75, 3.05) is 18.0 Å². The lowest BCUT2D eigenvalue weighted by Crippen LogP contribution is -2.25. The molecule has 6 nitrogen and oxygen atoms in total. The molecule has 128 valence electrons. The van der Waals surface area contributed by atoms with Crippen LogP contribution in [0, 0.1) is 6.92 Å². The van der Waals surface area contributed by atoms with E-state index in [0.29, 0.717) is 12.1 Å². The smallest absolute Gasteiger partial charge is 0.251 e. The molecule has 0 saturated carbocycles. The molecule has 25 heavy (non-hydrogen) atoms. The van der Waals surface area contributed by atoms with Crippen molar-refractivity contribution in [3.63, 3.8) is 0 Å². The number of carbonyl (C=O) groups is 1. The molecule has 0 radical (unpaired) electrons. The number of nitrogens with one attached hydrogen (secondary N) is 1. The Bertz CT molecular complexity index is 917. The average molecular weight is 353 g/mol. The van der Waals surface area contributed by atoms with Gasteiger partial charge in [0.25, 0.3) is 5.91 Å². The van der Waals surface area contributed by atoms with Gasteiger partial charge in [-0.1, -0.05) is 0 Å². The maximum atomic E-state index is 12.4. The number of aromatic nitrogens is 3. The molecule has 1 amide bonds. The Morgan fingerprint density at radius 1 is 1.24 bits per heavy atom. The number of anilines is 1. The molecule has 1 aliphatic heterocycles. The van der Waals surface area contributed by atoms with Gasteiger partial charge in [-0.15, -0.1) is 11.3 Å². The number of benzene rings is 1. The Morgan fingerprint density at radius 3 is 2.92 bits per heavy atom. The number of aryl methyl sites for hydroxylation is 1. The van der Waals surface area contributed by atoms with Crippen LogP contribution in [0.3, 0.4) is 0 Å². The second kappa shape index (κ2) is 6.76. The third-order valence-electron chi connectivity index (χ3n) is 4.31. The predicted molar refractivity (Wildman–Crippen MR) is 99.0 cm³/mol. The summed E-state index contributed by atoms with van der Waals surface area (Å²) in [7, 11) is 0. The van der Waals surface area contributed by atoms with Crippen molar-refractivity contribution in [2.24, 2.45) is 0 Å². The zero-order valence-corrected chi connectivity index (χ0v) is 14.8. The van der Waals surface area contributed by atoms with E-state index in [1.54, 1.807) is 11.6 Å². The molecule has 0 aliphatic carbocycles. The molecule has 7 heteroatoms. The first-order valence-electron chi connectivity index (χ1n) is 8.40. The monoisotopic (exact) mass is 353 g/mol. The Morgan fingerprint density at radius 2 is 2.08 bits per heavy atom. The highest BCUT2D eigenvalue weighted by Gasteiger charge is 2.16. The van der Waals surface area contributed by atoms with Crippen LogP contribution in [0.25, 0.3) is 10.2 Å². The van der Waals surface area contributed by atoms with Crippen molar-refractivity contribution >= 4 is 33.4 Å². The SMILES string of the molecule is Cc1cc(CNC(=O)c2ccc3ncsc3c2)nc(N2CCCC2)n1. The molecular weight excluding hydrogens is 334 g/mol. The van der Waals surface area contributed by atoms with Gasteiger partial charge in [-0.25, -0.2) is 15.0 Å². The standard InChI is InChI=1S/C18H19N5OS/c1-12-8-14(22-18(21-12)23-6-2-3-7-23)10-19-17(24)13-4-5-15-16(9-13)25-11-20-15/h4-5,8-9,11H,2-3,6-7,10H2,1H3,(H,19,24). The van der Waals surface area contributed by atoms with E-state index in [-0.39, 0.29) is 5.91 Å². The molecule has 1 aliphatic rings. The molecule has 1 N–H and O–H groups in total. The van der Waals surface area contributed by atoms with Gasteiger partial charge in [0.2, 0.25) is 5.95 Å². The maximum absolute atomic E-state index is 12.4. The van der Waals surface area contributed by atoms with Gasteiger partial charge in [0.05, 0.1) is 28.0 Å². The molecule has 0 bridgehead atoms. The van der Waals surface area contributed by atoms with E-state index < -0.39 is 0 Å². The zero-order chi connectivity index (χ0) is 17.2. The first kappa shape index (κ1) is 16.0. The summed E-state index contributed by atoms with van der Waals surface area (Å²) in [6.07, 6.45) is 2.37. The summed E-state index contributed by atoms with van der Waals surface area (Å²) in [6.45, 7) is 4.36. The van der Waals surface area contributed by atoms with Crippen LogP contribution in [0.2, 0.25) is 0 Å². The number of hydrogen-bond acceptors (Lipinski definition) is 6. The van der Waals surface area contributed by atoms with Crippen molar-refractivity contribution < 1.29 is 4.79 Å². The van der Waals surface area contributed by atoms with Crippen LogP contribution in [0.5, 0.6) is 0 Å². The van der Waals surface area contributed by atoms with Crippen LogP contribution in [-0.2, 0) is 6.54 Å². The van der Waals surface area contributed by atoms with E-state index in [2.05, 4.69) is 25.2 Å². The van der Waals surface area contributed by atoms with Gasteiger partial charge < -0.3 is 10.2 Å². The maximum Gasteiger partial charge on any atom is 0.251 e. The zero-order valence-electron chi connectivity index (χ0n) is 14.0. The van der Waals surface area contributed by atoms with Crippen molar-refractivity contribution in [1.29, 1.82) is 0 Å². The van der Waals surface area contributed by atoms with Gasteiger partial charge in [-0.2, -0.15) is 0 Å². The van der Waals surface area contributed by atoms with Crippen LogP contribution in [0.1, 0.15) is 34.6 Å². The summed E-state index contributed by atoms with van der Waals surface area (Å²) in [5, 5.41) is 2.95. The van der Waals surface area contributed by atoms with Gasteiger partial charge in [0, 0.05) is 24.3 Å². The number of rotatable bonds is 4. The number of nitrogens with zero attached hydrogens (tertiary/aromatic N) is 4. The number of hydrogen-bond donors (Lipinski definition) is 1. The van der Waals surface area contributed by atoms with Crippen LogP contribution in [0.15, 0.2) is 29.8 Å². The van der Waals surface area contributed by atoms with Gasteiger partial charge in [-0.3, -0.25) is 4.79 Å². The normalized spacial score (nSPS) is 14.2. The van der Waals surface area contributed by atoms with Crippen LogP contribution in [-0.4, -0.2) is 33.9 Å². The lowest BCUT2D eigenvalue weighted by molar-refractivity contribution is 0.0950. The Hall–Kier alpha value is -2.54. The minimum atomic E-state index is -0.103. The largest absolute Gasteiger partial charge is 0.346 e. The number of carbonyl (C=O) groups excluding carboxylic acids is 1. The quantitative estimate of drug-likeness (QED) is 0.781. The third-order valence-corrected chi connectivity index (χ3v) is 5.10. The average Bonchev–Trinajstić information content (AvgIpc) is 3.29. The molecule has 4 rings (SSSR count). The molecule has 0 atom stereocenters. The van der Waals surface area contributed by atoms with E-state index in [4.69, 9.17) is 0 Å².